The third-order valence-electron chi connectivity index (χ3n) is 2.85. The molecular weight excluding hydrogens is 256 g/mol. The zero-order valence-corrected chi connectivity index (χ0v) is 12.4. The van der Waals surface area contributed by atoms with Gasteiger partial charge in [-0.15, -0.1) is 11.3 Å². The van der Waals surface area contributed by atoms with E-state index < -0.39 is 0 Å². The van der Waals surface area contributed by atoms with Crippen LogP contribution in [0.1, 0.15) is 24.4 Å². The smallest absolute Gasteiger partial charge is 0.123 e. The molecule has 3 nitrogen and oxygen atoms in total. The van der Waals surface area contributed by atoms with E-state index in [2.05, 4.69) is 24.1 Å². The van der Waals surface area contributed by atoms with Crippen molar-refractivity contribution in [2.75, 3.05) is 6.54 Å². The van der Waals surface area contributed by atoms with Gasteiger partial charge in [0.25, 0.3) is 0 Å². The second-order valence-corrected chi connectivity index (χ2v) is 6.18. The summed E-state index contributed by atoms with van der Waals surface area (Å²) in [7, 11) is 0. The highest BCUT2D eigenvalue weighted by Crippen LogP contribution is 2.28. The fraction of sp³-hybridized carbons (Fsp3) is 0.400. The lowest BCUT2D eigenvalue weighted by molar-refractivity contribution is 0.475. The molecule has 0 radical (unpaired) electrons. The molecule has 0 saturated carbocycles. The molecule has 2 aromatic rings. The number of phenols is 1. The molecule has 0 bridgehead atoms. The topological polar surface area (TPSA) is 45.2 Å². The van der Waals surface area contributed by atoms with Crippen molar-refractivity contribution >= 4 is 11.3 Å². The van der Waals surface area contributed by atoms with Gasteiger partial charge in [0.2, 0.25) is 0 Å². The Kier molecular flexibility index (Phi) is 4.56. The zero-order valence-electron chi connectivity index (χ0n) is 11.6. The van der Waals surface area contributed by atoms with Crippen LogP contribution in [0.3, 0.4) is 0 Å². The summed E-state index contributed by atoms with van der Waals surface area (Å²) in [5.74, 6) is 0.945. The summed E-state index contributed by atoms with van der Waals surface area (Å²) in [6, 6.07) is 7.20. The summed E-state index contributed by atoms with van der Waals surface area (Å²) >= 11 is 1.71. The van der Waals surface area contributed by atoms with Gasteiger partial charge in [0.15, 0.2) is 0 Å². The summed E-state index contributed by atoms with van der Waals surface area (Å²) < 4.78 is 0. The van der Waals surface area contributed by atoms with Crippen molar-refractivity contribution in [3.63, 3.8) is 0 Å². The van der Waals surface area contributed by atoms with Crippen molar-refractivity contribution < 1.29 is 5.11 Å². The standard InChI is InChI=1S/C15H20N2OS/c1-10(2)8-16-9-14-11(3)17-15(19-14)12-4-6-13(18)7-5-12/h4-7,10,16,18H,8-9H2,1-3H3. The Morgan fingerprint density at radius 2 is 1.95 bits per heavy atom. The van der Waals surface area contributed by atoms with E-state index in [1.807, 2.05) is 19.1 Å². The van der Waals surface area contributed by atoms with Crippen LogP contribution < -0.4 is 5.32 Å². The van der Waals surface area contributed by atoms with Crippen molar-refractivity contribution in [1.29, 1.82) is 0 Å². The van der Waals surface area contributed by atoms with E-state index >= 15 is 0 Å². The van der Waals surface area contributed by atoms with E-state index in [0.717, 1.165) is 29.4 Å². The molecule has 0 fully saturated rings. The van der Waals surface area contributed by atoms with E-state index in [0.29, 0.717) is 5.92 Å². The Balaban J connectivity index is 2.09. The van der Waals surface area contributed by atoms with Crippen LogP contribution >= 0.6 is 11.3 Å². The molecule has 0 amide bonds. The van der Waals surface area contributed by atoms with E-state index in [1.165, 1.54) is 4.88 Å². The monoisotopic (exact) mass is 276 g/mol. The minimum absolute atomic E-state index is 0.288. The van der Waals surface area contributed by atoms with E-state index in [4.69, 9.17) is 0 Å². The van der Waals surface area contributed by atoms with Crippen molar-refractivity contribution in [2.45, 2.75) is 27.3 Å². The molecule has 1 heterocycles. The Hall–Kier alpha value is -1.39. The molecule has 4 heteroatoms. The van der Waals surface area contributed by atoms with E-state index in [1.54, 1.807) is 23.5 Å². The van der Waals surface area contributed by atoms with Gasteiger partial charge in [0, 0.05) is 17.0 Å². The number of aromatic hydroxyl groups is 1. The minimum Gasteiger partial charge on any atom is -0.508 e. The largest absolute Gasteiger partial charge is 0.508 e. The van der Waals surface area contributed by atoms with Crippen molar-refractivity contribution in [2.24, 2.45) is 5.92 Å². The Bertz CT molecular complexity index is 532. The second-order valence-electron chi connectivity index (χ2n) is 5.10. The summed E-state index contributed by atoms with van der Waals surface area (Å²) in [5, 5.41) is 13.8. The summed E-state index contributed by atoms with van der Waals surface area (Å²) in [5.41, 5.74) is 2.14. The number of hydrogen-bond donors (Lipinski definition) is 2. The molecule has 0 spiro atoms. The molecule has 0 aliphatic heterocycles. The van der Waals surface area contributed by atoms with Gasteiger partial charge in [-0.3, -0.25) is 0 Å². The molecule has 19 heavy (non-hydrogen) atoms. The van der Waals surface area contributed by atoms with Crippen LogP contribution in [0.5, 0.6) is 5.75 Å². The lowest BCUT2D eigenvalue weighted by atomic mass is 10.2. The van der Waals surface area contributed by atoms with Crippen LogP contribution in [0.25, 0.3) is 10.6 Å². The first kappa shape index (κ1) is 14.0. The molecule has 0 aliphatic rings. The van der Waals surface area contributed by atoms with Crippen LogP contribution in [0.2, 0.25) is 0 Å². The number of nitrogens with one attached hydrogen (secondary N) is 1. The molecular formula is C15H20N2OS. The highest BCUT2D eigenvalue weighted by atomic mass is 32.1. The molecule has 0 atom stereocenters. The van der Waals surface area contributed by atoms with Crippen molar-refractivity contribution in [3.8, 4) is 16.3 Å². The number of rotatable bonds is 5. The number of aryl methyl sites for hydroxylation is 1. The van der Waals surface area contributed by atoms with Gasteiger partial charge in [0.05, 0.1) is 5.69 Å². The Morgan fingerprint density at radius 1 is 1.26 bits per heavy atom. The van der Waals surface area contributed by atoms with Crippen LogP contribution in [0, 0.1) is 12.8 Å². The first-order valence-corrected chi connectivity index (χ1v) is 7.34. The molecule has 1 aromatic heterocycles. The summed E-state index contributed by atoms with van der Waals surface area (Å²) in [6.07, 6.45) is 0. The van der Waals surface area contributed by atoms with Gasteiger partial charge in [0.1, 0.15) is 10.8 Å². The van der Waals surface area contributed by atoms with E-state index in [9.17, 15) is 5.11 Å². The van der Waals surface area contributed by atoms with Gasteiger partial charge in [-0.1, -0.05) is 13.8 Å². The normalized spacial score (nSPS) is 11.2. The van der Waals surface area contributed by atoms with Crippen LogP contribution in [0.15, 0.2) is 24.3 Å². The first-order chi connectivity index (χ1) is 9.06. The van der Waals surface area contributed by atoms with Crippen molar-refractivity contribution in [1.82, 2.24) is 10.3 Å². The molecule has 1 aromatic carbocycles. The molecule has 0 unspecified atom stereocenters. The van der Waals surface area contributed by atoms with Gasteiger partial charge in [-0.25, -0.2) is 4.98 Å². The Labute approximate surface area is 118 Å². The highest BCUT2D eigenvalue weighted by Gasteiger charge is 2.09. The number of phenolic OH excluding ortho intramolecular Hbond substituents is 1. The van der Waals surface area contributed by atoms with Gasteiger partial charge in [-0.05, 0) is 43.7 Å². The molecule has 0 aliphatic carbocycles. The fourth-order valence-corrected chi connectivity index (χ4v) is 2.83. The second kappa shape index (κ2) is 6.17. The average Bonchev–Trinajstić information content (AvgIpc) is 2.71. The third kappa shape index (κ3) is 3.78. The summed E-state index contributed by atoms with van der Waals surface area (Å²) in [6.45, 7) is 8.35. The minimum atomic E-state index is 0.288. The van der Waals surface area contributed by atoms with Gasteiger partial charge >= 0.3 is 0 Å². The molecule has 0 saturated heterocycles. The summed E-state index contributed by atoms with van der Waals surface area (Å²) in [4.78, 5) is 5.89. The van der Waals surface area contributed by atoms with Gasteiger partial charge < -0.3 is 10.4 Å². The number of benzene rings is 1. The first-order valence-electron chi connectivity index (χ1n) is 6.52. The van der Waals surface area contributed by atoms with Crippen LogP contribution in [-0.2, 0) is 6.54 Å². The zero-order chi connectivity index (χ0) is 13.8. The average molecular weight is 276 g/mol. The predicted molar refractivity (Wildman–Crippen MR) is 80.5 cm³/mol. The fourth-order valence-electron chi connectivity index (χ4n) is 1.79. The number of hydrogen-bond acceptors (Lipinski definition) is 4. The molecule has 102 valence electrons. The predicted octanol–water partition coefficient (Wildman–Crippen LogP) is 3.57. The molecule has 2 rings (SSSR count). The highest BCUT2D eigenvalue weighted by molar-refractivity contribution is 7.15. The van der Waals surface area contributed by atoms with Crippen molar-refractivity contribution in [3.05, 3.63) is 34.8 Å². The lowest BCUT2D eigenvalue weighted by Gasteiger charge is -2.05. The maximum atomic E-state index is 9.30. The van der Waals surface area contributed by atoms with Crippen LogP contribution in [0.4, 0.5) is 0 Å². The number of thiazole rings is 1. The quantitative estimate of drug-likeness (QED) is 0.877. The number of nitrogens with zero attached hydrogens (tertiary/aromatic N) is 1. The van der Waals surface area contributed by atoms with E-state index in [-0.39, 0.29) is 5.75 Å². The lowest BCUT2D eigenvalue weighted by Crippen LogP contribution is -2.18. The van der Waals surface area contributed by atoms with Gasteiger partial charge in [-0.2, -0.15) is 0 Å². The maximum absolute atomic E-state index is 9.30. The molecule has 2 N–H and O–H groups in total. The van der Waals surface area contributed by atoms with Crippen LogP contribution in [-0.4, -0.2) is 16.6 Å². The maximum Gasteiger partial charge on any atom is 0.123 e. The Morgan fingerprint density at radius 3 is 2.58 bits per heavy atom. The third-order valence-corrected chi connectivity index (χ3v) is 4.05. The SMILES string of the molecule is Cc1nc(-c2ccc(O)cc2)sc1CNCC(C)C. The number of aromatic nitrogens is 1.